The molecule has 1 aromatic rings. The number of hydrogen-bond donors (Lipinski definition) is 2. The molecular weight excluding hydrogens is 204 g/mol. The van der Waals surface area contributed by atoms with Gasteiger partial charge in [0.05, 0.1) is 12.6 Å². The van der Waals surface area contributed by atoms with E-state index in [1.807, 2.05) is 5.32 Å². The Balaban J connectivity index is 2.69. The molecule has 1 rings (SSSR count). The van der Waals surface area contributed by atoms with Gasteiger partial charge in [0.15, 0.2) is 0 Å². The van der Waals surface area contributed by atoms with Crippen LogP contribution >= 0.6 is 0 Å². The van der Waals surface area contributed by atoms with Crippen LogP contribution < -0.4 is 5.32 Å². The predicted octanol–water partition coefficient (Wildman–Crippen LogP) is 1.10. The van der Waals surface area contributed by atoms with E-state index in [0.717, 1.165) is 0 Å². The first-order chi connectivity index (χ1) is 7.15. The number of hydrogen-bond acceptors (Lipinski definition) is 2. The topological polar surface area (TPSA) is 49.3 Å². The van der Waals surface area contributed by atoms with Crippen LogP contribution in [0.3, 0.4) is 0 Å². The summed E-state index contributed by atoms with van der Waals surface area (Å²) in [6.45, 7) is -0.414. The third kappa shape index (κ3) is 3.28. The first-order valence-corrected chi connectivity index (χ1v) is 4.39. The lowest BCUT2D eigenvalue weighted by molar-refractivity contribution is -0.132. The van der Waals surface area contributed by atoms with E-state index in [9.17, 15) is 13.6 Å². The average molecular weight is 215 g/mol. The Labute approximate surface area is 85.7 Å². The summed E-state index contributed by atoms with van der Waals surface area (Å²) in [5.74, 6) is -1.38. The molecule has 15 heavy (non-hydrogen) atoms. The van der Waals surface area contributed by atoms with Crippen LogP contribution in [-0.2, 0) is 4.79 Å². The van der Waals surface area contributed by atoms with Crippen LogP contribution in [0.1, 0.15) is 11.6 Å². The number of carbonyl (C=O) groups is 1. The van der Waals surface area contributed by atoms with Gasteiger partial charge in [0.1, 0.15) is 0 Å². The lowest BCUT2D eigenvalue weighted by Crippen LogP contribution is -2.34. The highest BCUT2D eigenvalue weighted by atomic mass is 19.3. The number of alkyl halides is 2. The van der Waals surface area contributed by atoms with Gasteiger partial charge in [-0.15, -0.1) is 0 Å². The molecule has 0 spiro atoms. The lowest BCUT2D eigenvalue weighted by atomic mass is 10.1. The van der Waals surface area contributed by atoms with Gasteiger partial charge in [-0.3, -0.25) is 4.79 Å². The number of carbonyl (C=O) groups excluding carboxylic acids is 1. The van der Waals surface area contributed by atoms with Crippen molar-refractivity contribution in [1.29, 1.82) is 0 Å². The van der Waals surface area contributed by atoms with Crippen LogP contribution in [0.2, 0.25) is 0 Å². The zero-order valence-corrected chi connectivity index (χ0v) is 7.86. The van der Waals surface area contributed by atoms with Crippen LogP contribution in [0.15, 0.2) is 30.3 Å². The maximum absolute atomic E-state index is 11.9. The second-order valence-corrected chi connectivity index (χ2v) is 2.96. The summed E-state index contributed by atoms with van der Waals surface area (Å²) < 4.78 is 23.9. The maximum atomic E-state index is 11.9. The van der Waals surface area contributed by atoms with E-state index in [4.69, 9.17) is 5.11 Å². The molecular formula is C10H11F2NO2. The largest absolute Gasteiger partial charge is 0.394 e. The molecule has 0 heterocycles. The summed E-state index contributed by atoms with van der Waals surface area (Å²) in [7, 11) is 0. The predicted molar refractivity (Wildman–Crippen MR) is 50.4 cm³/mol. The Morgan fingerprint density at radius 3 is 2.40 bits per heavy atom. The number of benzene rings is 1. The molecule has 82 valence electrons. The highest BCUT2D eigenvalue weighted by Crippen LogP contribution is 2.12. The second-order valence-electron chi connectivity index (χ2n) is 2.96. The summed E-state index contributed by atoms with van der Waals surface area (Å²) in [6, 6.07) is 7.67. The Morgan fingerprint density at radius 1 is 1.33 bits per heavy atom. The molecule has 0 aliphatic heterocycles. The molecule has 3 nitrogen and oxygen atoms in total. The van der Waals surface area contributed by atoms with Crippen molar-refractivity contribution in [3.63, 3.8) is 0 Å². The van der Waals surface area contributed by atoms with Crippen molar-refractivity contribution < 1.29 is 18.7 Å². The van der Waals surface area contributed by atoms with Crippen molar-refractivity contribution in [2.45, 2.75) is 12.5 Å². The summed E-state index contributed by atoms with van der Waals surface area (Å²) in [4.78, 5) is 10.7. The highest BCUT2D eigenvalue weighted by molar-refractivity contribution is 5.79. The Morgan fingerprint density at radius 2 is 1.93 bits per heavy atom. The Bertz CT molecular complexity index is 316. The number of aliphatic hydroxyl groups excluding tert-OH is 1. The highest BCUT2D eigenvalue weighted by Gasteiger charge is 2.20. The SMILES string of the molecule is O=C(N[C@H](CO)c1ccccc1)C(F)F. The number of aliphatic hydroxyl groups is 1. The number of halogens is 2. The number of rotatable bonds is 4. The third-order valence-corrected chi connectivity index (χ3v) is 1.90. The molecule has 1 amide bonds. The minimum Gasteiger partial charge on any atom is -0.394 e. The first-order valence-electron chi connectivity index (χ1n) is 4.39. The van der Waals surface area contributed by atoms with Crippen LogP contribution in [0.25, 0.3) is 0 Å². The molecule has 1 aromatic carbocycles. The third-order valence-electron chi connectivity index (χ3n) is 1.90. The van der Waals surface area contributed by atoms with Gasteiger partial charge in [-0.1, -0.05) is 30.3 Å². The van der Waals surface area contributed by atoms with Crippen LogP contribution in [-0.4, -0.2) is 24.0 Å². The number of amides is 1. The van der Waals surface area contributed by atoms with E-state index < -0.39 is 25.0 Å². The molecule has 0 saturated carbocycles. The van der Waals surface area contributed by atoms with Gasteiger partial charge in [0.25, 0.3) is 5.91 Å². The standard InChI is InChI=1S/C10H11F2NO2/c11-9(12)10(15)13-8(6-14)7-4-2-1-3-5-7/h1-5,8-9,14H,6H2,(H,13,15)/t8-/m1/s1. The maximum Gasteiger partial charge on any atom is 0.315 e. The van der Waals surface area contributed by atoms with Gasteiger partial charge >= 0.3 is 6.43 Å². The van der Waals surface area contributed by atoms with Crippen molar-refractivity contribution in [1.82, 2.24) is 5.32 Å². The van der Waals surface area contributed by atoms with E-state index in [1.54, 1.807) is 30.3 Å². The van der Waals surface area contributed by atoms with Gasteiger partial charge < -0.3 is 10.4 Å². The Kier molecular flexibility index (Phi) is 4.17. The monoisotopic (exact) mass is 215 g/mol. The molecule has 5 heteroatoms. The molecule has 1 atom stereocenters. The fourth-order valence-electron chi connectivity index (χ4n) is 1.15. The smallest absolute Gasteiger partial charge is 0.315 e. The van der Waals surface area contributed by atoms with Gasteiger partial charge in [0.2, 0.25) is 0 Å². The average Bonchev–Trinajstić information content (AvgIpc) is 2.26. The zero-order chi connectivity index (χ0) is 11.3. The summed E-state index contributed by atoms with van der Waals surface area (Å²) >= 11 is 0. The van der Waals surface area contributed by atoms with E-state index in [0.29, 0.717) is 5.56 Å². The fourth-order valence-corrected chi connectivity index (χ4v) is 1.15. The molecule has 0 aliphatic rings. The number of nitrogens with one attached hydrogen (secondary N) is 1. The van der Waals surface area contributed by atoms with Gasteiger partial charge in [0, 0.05) is 0 Å². The minimum atomic E-state index is -3.07. The van der Waals surface area contributed by atoms with Gasteiger partial charge in [-0.05, 0) is 5.56 Å². The van der Waals surface area contributed by atoms with E-state index >= 15 is 0 Å². The molecule has 0 saturated heterocycles. The second kappa shape index (κ2) is 5.41. The van der Waals surface area contributed by atoms with Gasteiger partial charge in [-0.25, -0.2) is 0 Å². The van der Waals surface area contributed by atoms with E-state index in [1.165, 1.54) is 0 Å². The molecule has 0 bridgehead atoms. The fraction of sp³-hybridized carbons (Fsp3) is 0.300. The van der Waals surface area contributed by atoms with Crippen LogP contribution in [0.4, 0.5) is 8.78 Å². The minimum absolute atomic E-state index is 0.414. The zero-order valence-electron chi connectivity index (χ0n) is 7.86. The summed E-state index contributed by atoms with van der Waals surface area (Å²) in [6.07, 6.45) is -3.07. The quantitative estimate of drug-likeness (QED) is 0.790. The van der Waals surface area contributed by atoms with Crippen LogP contribution in [0, 0.1) is 0 Å². The molecule has 2 N–H and O–H groups in total. The van der Waals surface area contributed by atoms with E-state index in [2.05, 4.69) is 0 Å². The Hall–Kier alpha value is -1.49. The molecule has 0 radical (unpaired) electrons. The van der Waals surface area contributed by atoms with Gasteiger partial charge in [-0.2, -0.15) is 8.78 Å². The van der Waals surface area contributed by atoms with Crippen molar-refractivity contribution in [3.8, 4) is 0 Å². The summed E-state index contributed by atoms with van der Waals surface area (Å²) in [5.41, 5.74) is 0.592. The summed E-state index contributed by atoms with van der Waals surface area (Å²) in [5, 5.41) is 11.0. The molecule has 0 aromatic heterocycles. The normalized spacial score (nSPS) is 12.5. The van der Waals surface area contributed by atoms with Crippen molar-refractivity contribution in [2.75, 3.05) is 6.61 Å². The lowest BCUT2D eigenvalue weighted by Gasteiger charge is -2.16. The molecule has 0 fully saturated rings. The van der Waals surface area contributed by atoms with Crippen molar-refractivity contribution in [2.24, 2.45) is 0 Å². The van der Waals surface area contributed by atoms with E-state index in [-0.39, 0.29) is 0 Å². The molecule has 0 aliphatic carbocycles. The molecule has 0 unspecified atom stereocenters. The van der Waals surface area contributed by atoms with Crippen molar-refractivity contribution in [3.05, 3.63) is 35.9 Å². The van der Waals surface area contributed by atoms with Crippen molar-refractivity contribution >= 4 is 5.91 Å². The van der Waals surface area contributed by atoms with Crippen LogP contribution in [0.5, 0.6) is 0 Å². The first kappa shape index (κ1) is 11.6.